The van der Waals surface area contributed by atoms with Crippen molar-refractivity contribution in [1.29, 1.82) is 0 Å². The van der Waals surface area contributed by atoms with E-state index in [1.165, 1.54) is 19.3 Å². The third-order valence-electron chi connectivity index (χ3n) is 4.53. The number of carboxylic acids is 2. The SMILES string of the molecule is O=C(CN1CCCCC1)Nc1ccccc1N1CCOCC1.O=C(O)C(=O)O. The lowest BCUT2D eigenvalue weighted by Gasteiger charge is -2.31. The van der Waals surface area contributed by atoms with Crippen LogP contribution in [0.4, 0.5) is 11.4 Å². The number of likely N-dealkylation sites (tertiary alicyclic amines) is 1. The highest BCUT2D eigenvalue weighted by molar-refractivity contribution is 6.27. The molecule has 2 saturated heterocycles. The van der Waals surface area contributed by atoms with Gasteiger partial charge in [0.1, 0.15) is 0 Å². The molecule has 2 aliphatic heterocycles. The number of carboxylic acid groups (broad SMARTS) is 2. The number of nitrogens with zero attached hydrogens (tertiary/aromatic N) is 2. The predicted octanol–water partition coefficient (Wildman–Crippen LogP) is 1.10. The lowest BCUT2D eigenvalue weighted by Crippen LogP contribution is -2.38. The average molecular weight is 393 g/mol. The molecule has 0 radical (unpaired) electrons. The zero-order chi connectivity index (χ0) is 20.4. The van der Waals surface area contributed by atoms with Crippen molar-refractivity contribution < 1.29 is 29.3 Å². The normalized spacial score (nSPS) is 17.2. The number of morpholine rings is 1. The maximum Gasteiger partial charge on any atom is 0.414 e. The van der Waals surface area contributed by atoms with E-state index >= 15 is 0 Å². The van der Waals surface area contributed by atoms with Gasteiger partial charge in [-0.2, -0.15) is 0 Å². The Hall–Kier alpha value is -2.65. The van der Waals surface area contributed by atoms with Gasteiger partial charge in [0, 0.05) is 13.1 Å². The summed E-state index contributed by atoms with van der Waals surface area (Å²) in [5.74, 6) is -3.56. The van der Waals surface area contributed by atoms with Gasteiger partial charge >= 0.3 is 11.9 Å². The molecule has 2 fully saturated rings. The summed E-state index contributed by atoms with van der Waals surface area (Å²) in [6.07, 6.45) is 3.70. The maximum absolute atomic E-state index is 12.3. The van der Waals surface area contributed by atoms with E-state index in [1.807, 2.05) is 18.2 Å². The lowest BCUT2D eigenvalue weighted by molar-refractivity contribution is -0.159. The van der Waals surface area contributed by atoms with Crippen molar-refractivity contribution in [2.45, 2.75) is 19.3 Å². The number of hydrogen-bond acceptors (Lipinski definition) is 6. The largest absolute Gasteiger partial charge is 0.473 e. The summed E-state index contributed by atoms with van der Waals surface area (Å²) in [4.78, 5) is 35.0. The Bertz CT molecular complexity index is 657. The molecule has 1 aromatic rings. The molecule has 0 unspecified atom stereocenters. The summed E-state index contributed by atoms with van der Waals surface area (Å²) in [5.41, 5.74) is 2.00. The number of anilines is 2. The molecular weight excluding hydrogens is 366 g/mol. The fraction of sp³-hybridized carbons (Fsp3) is 0.526. The van der Waals surface area contributed by atoms with E-state index in [2.05, 4.69) is 21.2 Å². The van der Waals surface area contributed by atoms with Crippen LogP contribution in [0.1, 0.15) is 19.3 Å². The van der Waals surface area contributed by atoms with Crippen LogP contribution in [0.5, 0.6) is 0 Å². The molecule has 1 amide bonds. The number of piperidine rings is 1. The van der Waals surface area contributed by atoms with Crippen LogP contribution in [0.15, 0.2) is 24.3 Å². The quantitative estimate of drug-likeness (QED) is 0.651. The molecule has 154 valence electrons. The molecule has 28 heavy (non-hydrogen) atoms. The van der Waals surface area contributed by atoms with Crippen LogP contribution in [0.25, 0.3) is 0 Å². The first-order valence-corrected chi connectivity index (χ1v) is 9.37. The molecule has 0 spiro atoms. The minimum absolute atomic E-state index is 0.0857. The van der Waals surface area contributed by atoms with Crippen LogP contribution in [0, 0.1) is 0 Å². The highest BCUT2D eigenvalue weighted by Crippen LogP contribution is 2.26. The molecule has 0 saturated carbocycles. The maximum atomic E-state index is 12.3. The third kappa shape index (κ3) is 7.16. The van der Waals surface area contributed by atoms with Crippen LogP contribution in [-0.4, -0.2) is 78.9 Å². The fourth-order valence-corrected chi connectivity index (χ4v) is 3.17. The Labute approximate surface area is 163 Å². The molecule has 9 nitrogen and oxygen atoms in total. The second-order valence-electron chi connectivity index (χ2n) is 6.61. The molecule has 0 aliphatic carbocycles. The summed E-state index contributed by atoms with van der Waals surface area (Å²) in [7, 11) is 0. The average Bonchev–Trinajstić information content (AvgIpc) is 2.70. The van der Waals surface area contributed by atoms with Gasteiger partial charge in [0.15, 0.2) is 0 Å². The van der Waals surface area contributed by atoms with Crippen molar-refractivity contribution in [3.8, 4) is 0 Å². The van der Waals surface area contributed by atoms with Gasteiger partial charge in [0.2, 0.25) is 5.91 Å². The Balaban J connectivity index is 0.000000409. The zero-order valence-corrected chi connectivity index (χ0v) is 15.8. The van der Waals surface area contributed by atoms with Crippen LogP contribution < -0.4 is 10.2 Å². The molecule has 1 aromatic carbocycles. The minimum Gasteiger partial charge on any atom is -0.473 e. The predicted molar refractivity (Wildman–Crippen MR) is 104 cm³/mol. The Morgan fingerprint density at radius 3 is 2.14 bits per heavy atom. The summed E-state index contributed by atoms with van der Waals surface area (Å²) < 4.78 is 5.41. The number of aliphatic carboxylic acids is 2. The van der Waals surface area contributed by atoms with Crippen LogP contribution in [-0.2, 0) is 19.1 Å². The minimum atomic E-state index is -1.82. The van der Waals surface area contributed by atoms with Crippen LogP contribution in [0.2, 0.25) is 0 Å². The smallest absolute Gasteiger partial charge is 0.414 e. The van der Waals surface area contributed by atoms with E-state index in [9.17, 15) is 4.79 Å². The number of hydrogen-bond donors (Lipinski definition) is 3. The van der Waals surface area contributed by atoms with E-state index in [4.69, 9.17) is 24.5 Å². The number of benzene rings is 1. The van der Waals surface area contributed by atoms with E-state index < -0.39 is 11.9 Å². The third-order valence-corrected chi connectivity index (χ3v) is 4.53. The van der Waals surface area contributed by atoms with Gasteiger partial charge in [0.05, 0.1) is 31.1 Å². The van der Waals surface area contributed by atoms with Crippen LogP contribution in [0.3, 0.4) is 0 Å². The second kappa shape index (κ2) is 11.3. The number of nitrogens with one attached hydrogen (secondary N) is 1. The van der Waals surface area contributed by atoms with Gasteiger partial charge in [-0.05, 0) is 38.1 Å². The highest BCUT2D eigenvalue weighted by atomic mass is 16.5. The lowest BCUT2D eigenvalue weighted by atomic mass is 10.1. The van der Waals surface area contributed by atoms with Crippen molar-refractivity contribution in [2.24, 2.45) is 0 Å². The standard InChI is InChI=1S/C17H25N3O2.C2H2O4/c21-17(14-19-8-4-1-5-9-19)18-15-6-2-3-7-16(15)20-10-12-22-13-11-20;3-1(4)2(5)6/h2-3,6-7H,1,4-5,8-14H2,(H,18,21);(H,3,4)(H,5,6). The van der Waals surface area contributed by atoms with Crippen molar-refractivity contribution in [3.63, 3.8) is 0 Å². The molecule has 3 rings (SSSR count). The molecular formula is C19H27N3O6. The van der Waals surface area contributed by atoms with Crippen molar-refractivity contribution in [1.82, 2.24) is 4.90 Å². The zero-order valence-electron chi connectivity index (χ0n) is 15.8. The van der Waals surface area contributed by atoms with Gasteiger partial charge in [0.25, 0.3) is 0 Å². The monoisotopic (exact) mass is 393 g/mol. The first kappa shape index (κ1) is 21.6. The number of ether oxygens (including phenoxy) is 1. The van der Waals surface area contributed by atoms with E-state index in [0.717, 1.165) is 50.8 Å². The molecule has 2 aliphatic rings. The molecule has 0 atom stereocenters. The first-order valence-electron chi connectivity index (χ1n) is 9.37. The van der Waals surface area contributed by atoms with Gasteiger partial charge < -0.3 is 25.2 Å². The second-order valence-corrected chi connectivity index (χ2v) is 6.61. The molecule has 2 heterocycles. The number of carbonyl (C=O) groups is 3. The molecule has 0 bridgehead atoms. The summed E-state index contributed by atoms with van der Waals surface area (Å²) in [6, 6.07) is 8.05. The number of carbonyl (C=O) groups excluding carboxylic acids is 1. The Kier molecular flexibility index (Phi) is 8.70. The number of amides is 1. The van der Waals surface area contributed by atoms with E-state index in [1.54, 1.807) is 0 Å². The number of rotatable bonds is 4. The topological polar surface area (TPSA) is 119 Å². The highest BCUT2D eigenvalue weighted by Gasteiger charge is 2.17. The molecule has 3 N–H and O–H groups in total. The van der Waals surface area contributed by atoms with Crippen molar-refractivity contribution >= 4 is 29.2 Å². The van der Waals surface area contributed by atoms with Crippen molar-refractivity contribution in [2.75, 3.05) is 56.2 Å². The first-order chi connectivity index (χ1) is 13.5. The molecule has 9 heteroatoms. The number of para-hydroxylation sites is 2. The van der Waals surface area contributed by atoms with Gasteiger partial charge in [-0.3, -0.25) is 9.69 Å². The summed E-state index contributed by atoms with van der Waals surface area (Å²) >= 11 is 0. The fourth-order valence-electron chi connectivity index (χ4n) is 3.17. The van der Waals surface area contributed by atoms with Gasteiger partial charge in [-0.25, -0.2) is 9.59 Å². The van der Waals surface area contributed by atoms with Crippen molar-refractivity contribution in [3.05, 3.63) is 24.3 Å². The van der Waals surface area contributed by atoms with Gasteiger partial charge in [-0.1, -0.05) is 18.6 Å². The summed E-state index contributed by atoms with van der Waals surface area (Å²) in [5, 5.41) is 17.9. The Morgan fingerprint density at radius 2 is 1.54 bits per heavy atom. The Morgan fingerprint density at radius 1 is 0.929 bits per heavy atom. The van der Waals surface area contributed by atoms with Crippen LogP contribution >= 0.6 is 0 Å². The van der Waals surface area contributed by atoms with Gasteiger partial charge in [-0.15, -0.1) is 0 Å². The van der Waals surface area contributed by atoms with E-state index in [-0.39, 0.29) is 5.91 Å². The summed E-state index contributed by atoms with van der Waals surface area (Å²) in [6.45, 7) is 5.82. The van der Waals surface area contributed by atoms with E-state index in [0.29, 0.717) is 6.54 Å². The molecule has 0 aromatic heterocycles.